The van der Waals surface area contributed by atoms with E-state index in [4.69, 9.17) is 5.73 Å². The molecule has 2 amide bonds. The van der Waals surface area contributed by atoms with Gasteiger partial charge in [0.2, 0.25) is 0 Å². The van der Waals surface area contributed by atoms with Gasteiger partial charge in [-0.05, 0) is 39.7 Å². The van der Waals surface area contributed by atoms with Gasteiger partial charge in [-0.3, -0.25) is 0 Å². The van der Waals surface area contributed by atoms with Crippen molar-refractivity contribution < 1.29 is 4.79 Å². The van der Waals surface area contributed by atoms with E-state index in [0.29, 0.717) is 0 Å². The summed E-state index contributed by atoms with van der Waals surface area (Å²) >= 11 is 0. The number of unbranched alkanes of at least 4 members (excludes halogenated alkanes) is 1. The van der Waals surface area contributed by atoms with E-state index in [1.54, 1.807) is 0 Å². The Kier molecular flexibility index (Phi) is 9.00. The van der Waals surface area contributed by atoms with E-state index >= 15 is 0 Å². The van der Waals surface area contributed by atoms with Crippen molar-refractivity contribution in [2.75, 3.05) is 6.54 Å². The minimum atomic E-state index is -0.0544. The lowest BCUT2D eigenvalue weighted by atomic mass is 10.1. The zero-order valence-electron chi connectivity index (χ0n) is 10.9. The van der Waals surface area contributed by atoms with Crippen LogP contribution < -0.4 is 16.4 Å². The molecule has 4 N–H and O–H groups in total. The van der Waals surface area contributed by atoms with Crippen LogP contribution in [0.5, 0.6) is 0 Å². The van der Waals surface area contributed by atoms with E-state index in [9.17, 15) is 4.79 Å². The molecule has 0 saturated carbocycles. The Morgan fingerprint density at radius 1 is 1.12 bits per heavy atom. The van der Waals surface area contributed by atoms with Crippen LogP contribution in [0.25, 0.3) is 0 Å². The second-order valence-corrected chi connectivity index (χ2v) is 4.49. The topological polar surface area (TPSA) is 67.2 Å². The first kappa shape index (κ1) is 15.2. The van der Waals surface area contributed by atoms with Gasteiger partial charge in [0.25, 0.3) is 0 Å². The van der Waals surface area contributed by atoms with Crippen molar-refractivity contribution in [2.24, 2.45) is 5.73 Å². The Morgan fingerprint density at radius 3 is 2.19 bits per heavy atom. The smallest absolute Gasteiger partial charge is 0.315 e. The van der Waals surface area contributed by atoms with Crippen LogP contribution in [0.3, 0.4) is 0 Å². The van der Waals surface area contributed by atoms with Gasteiger partial charge in [-0.25, -0.2) is 4.79 Å². The Balaban J connectivity index is 3.61. The fourth-order valence-electron chi connectivity index (χ4n) is 1.66. The third kappa shape index (κ3) is 8.53. The zero-order valence-corrected chi connectivity index (χ0v) is 10.9. The lowest BCUT2D eigenvalue weighted by Gasteiger charge is -2.17. The summed E-state index contributed by atoms with van der Waals surface area (Å²) in [5, 5.41) is 5.86. The average molecular weight is 229 g/mol. The Labute approximate surface area is 99.4 Å². The first-order valence-electron chi connectivity index (χ1n) is 6.37. The molecule has 0 aromatic heterocycles. The predicted octanol–water partition coefficient (Wildman–Crippen LogP) is 1.99. The molecule has 0 aromatic carbocycles. The standard InChI is InChI=1S/C12H27N3O/c1-4-7-10(2)14-12(16)15-11(3)8-5-6-9-13/h10-11H,4-9,13H2,1-3H3,(H2,14,15,16). The average Bonchev–Trinajstić information content (AvgIpc) is 2.17. The largest absolute Gasteiger partial charge is 0.336 e. The quantitative estimate of drug-likeness (QED) is 0.557. The molecule has 2 unspecified atom stereocenters. The van der Waals surface area contributed by atoms with Crippen molar-refractivity contribution in [3.05, 3.63) is 0 Å². The molecule has 0 aliphatic carbocycles. The van der Waals surface area contributed by atoms with E-state index in [-0.39, 0.29) is 18.1 Å². The summed E-state index contributed by atoms with van der Waals surface area (Å²) in [4.78, 5) is 11.5. The maximum absolute atomic E-state index is 11.5. The third-order valence-electron chi connectivity index (χ3n) is 2.57. The minimum Gasteiger partial charge on any atom is -0.336 e. The minimum absolute atomic E-state index is 0.0544. The van der Waals surface area contributed by atoms with E-state index in [0.717, 1.165) is 38.6 Å². The number of urea groups is 1. The number of carbonyl (C=O) groups excluding carboxylic acids is 1. The molecule has 0 spiro atoms. The maximum Gasteiger partial charge on any atom is 0.315 e. The second kappa shape index (κ2) is 9.46. The number of hydrogen-bond donors (Lipinski definition) is 3. The second-order valence-electron chi connectivity index (χ2n) is 4.49. The van der Waals surface area contributed by atoms with E-state index in [1.807, 2.05) is 13.8 Å². The van der Waals surface area contributed by atoms with E-state index in [2.05, 4.69) is 17.6 Å². The third-order valence-corrected chi connectivity index (χ3v) is 2.57. The molecule has 16 heavy (non-hydrogen) atoms. The molecule has 0 radical (unpaired) electrons. The summed E-state index contributed by atoms with van der Waals surface area (Å²) < 4.78 is 0. The molecule has 0 bridgehead atoms. The van der Waals surface area contributed by atoms with E-state index < -0.39 is 0 Å². The summed E-state index contributed by atoms with van der Waals surface area (Å²) in [6, 6.07) is 0.419. The SMILES string of the molecule is CCCC(C)NC(=O)NC(C)CCCCN. The van der Waals surface area contributed by atoms with Crippen molar-refractivity contribution >= 4 is 6.03 Å². The van der Waals surface area contributed by atoms with Crippen LogP contribution in [0.15, 0.2) is 0 Å². The van der Waals surface area contributed by atoms with Crippen LogP contribution >= 0.6 is 0 Å². The van der Waals surface area contributed by atoms with Crippen molar-refractivity contribution in [1.29, 1.82) is 0 Å². The van der Waals surface area contributed by atoms with Crippen LogP contribution in [0.2, 0.25) is 0 Å². The van der Waals surface area contributed by atoms with Crippen molar-refractivity contribution in [3.8, 4) is 0 Å². The number of rotatable bonds is 8. The van der Waals surface area contributed by atoms with Gasteiger partial charge in [0.1, 0.15) is 0 Å². The molecule has 2 atom stereocenters. The fraction of sp³-hybridized carbons (Fsp3) is 0.917. The molecule has 4 nitrogen and oxygen atoms in total. The van der Waals surface area contributed by atoms with Gasteiger partial charge in [-0.2, -0.15) is 0 Å². The molecular weight excluding hydrogens is 202 g/mol. The fourth-order valence-corrected chi connectivity index (χ4v) is 1.66. The van der Waals surface area contributed by atoms with Crippen molar-refractivity contribution in [2.45, 2.75) is 65.0 Å². The number of nitrogens with two attached hydrogens (primary N) is 1. The Morgan fingerprint density at radius 2 is 1.69 bits per heavy atom. The lowest BCUT2D eigenvalue weighted by molar-refractivity contribution is 0.233. The molecule has 0 aliphatic rings. The first-order valence-corrected chi connectivity index (χ1v) is 6.37. The molecule has 0 aromatic rings. The summed E-state index contributed by atoms with van der Waals surface area (Å²) in [5.41, 5.74) is 5.42. The highest BCUT2D eigenvalue weighted by Crippen LogP contribution is 1.99. The number of carbonyl (C=O) groups is 1. The molecule has 96 valence electrons. The van der Waals surface area contributed by atoms with Crippen LogP contribution in [-0.4, -0.2) is 24.7 Å². The highest BCUT2D eigenvalue weighted by molar-refractivity contribution is 5.74. The highest BCUT2D eigenvalue weighted by atomic mass is 16.2. The summed E-state index contributed by atoms with van der Waals surface area (Å²) in [5.74, 6) is 0. The van der Waals surface area contributed by atoms with Crippen LogP contribution in [-0.2, 0) is 0 Å². The maximum atomic E-state index is 11.5. The number of nitrogens with one attached hydrogen (secondary N) is 2. The summed E-state index contributed by atoms with van der Waals surface area (Å²) in [6.45, 7) is 6.90. The summed E-state index contributed by atoms with van der Waals surface area (Å²) in [7, 11) is 0. The molecular formula is C12H27N3O. The Hall–Kier alpha value is -0.770. The van der Waals surface area contributed by atoms with Crippen molar-refractivity contribution in [1.82, 2.24) is 10.6 Å². The van der Waals surface area contributed by atoms with Crippen LogP contribution in [0, 0.1) is 0 Å². The van der Waals surface area contributed by atoms with Crippen LogP contribution in [0.4, 0.5) is 4.79 Å². The van der Waals surface area contributed by atoms with Crippen molar-refractivity contribution in [3.63, 3.8) is 0 Å². The zero-order chi connectivity index (χ0) is 12.4. The lowest BCUT2D eigenvalue weighted by Crippen LogP contribution is -2.44. The number of hydrogen-bond acceptors (Lipinski definition) is 2. The van der Waals surface area contributed by atoms with Gasteiger partial charge in [-0.1, -0.05) is 19.8 Å². The monoisotopic (exact) mass is 229 g/mol. The molecule has 0 fully saturated rings. The molecule has 0 heterocycles. The van der Waals surface area contributed by atoms with Crippen LogP contribution in [0.1, 0.15) is 52.9 Å². The molecule has 0 rings (SSSR count). The molecule has 0 aliphatic heterocycles. The van der Waals surface area contributed by atoms with Gasteiger partial charge in [0, 0.05) is 12.1 Å². The number of amides is 2. The Bertz CT molecular complexity index is 185. The molecule has 4 heteroatoms. The predicted molar refractivity (Wildman–Crippen MR) is 68.4 cm³/mol. The highest BCUT2D eigenvalue weighted by Gasteiger charge is 2.09. The normalized spacial score (nSPS) is 14.2. The van der Waals surface area contributed by atoms with Gasteiger partial charge >= 0.3 is 6.03 Å². The van der Waals surface area contributed by atoms with E-state index in [1.165, 1.54) is 0 Å². The molecule has 0 saturated heterocycles. The van der Waals surface area contributed by atoms with Gasteiger partial charge in [-0.15, -0.1) is 0 Å². The van der Waals surface area contributed by atoms with Gasteiger partial charge < -0.3 is 16.4 Å². The van der Waals surface area contributed by atoms with Gasteiger partial charge in [0.15, 0.2) is 0 Å². The summed E-state index contributed by atoms with van der Waals surface area (Å²) in [6.07, 6.45) is 5.21. The first-order chi connectivity index (χ1) is 7.60. The van der Waals surface area contributed by atoms with Gasteiger partial charge in [0.05, 0.1) is 0 Å².